The van der Waals surface area contributed by atoms with E-state index < -0.39 is 5.41 Å². The van der Waals surface area contributed by atoms with E-state index in [9.17, 15) is 4.79 Å². The van der Waals surface area contributed by atoms with E-state index in [0.717, 1.165) is 42.8 Å². The van der Waals surface area contributed by atoms with Gasteiger partial charge in [0.1, 0.15) is 5.82 Å². The van der Waals surface area contributed by atoms with E-state index >= 15 is 0 Å². The molecule has 1 aliphatic carbocycles. The molecule has 1 aliphatic rings. The second-order valence-electron chi connectivity index (χ2n) is 7.56. The number of amides is 1. The Morgan fingerprint density at radius 1 is 1.14 bits per heavy atom. The van der Waals surface area contributed by atoms with Crippen molar-refractivity contribution >= 4 is 29.3 Å². The van der Waals surface area contributed by atoms with Crippen molar-refractivity contribution in [3.63, 3.8) is 0 Å². The molecule has 1 saturated carbocycles. The predicted octanol–water partition coefficient (Wildman–Crippen LogP) is 3.54. The van der Waals surface area contributed by atoms with Crippen molar-refractivity contribution < 1.29 is 4.79 Å². The fraction of sp³-hybridized carbons (Fsp3) is 0.476. The van der Waals surface area contributed by atoms with Crippen LogP contribution < -0.4 is 15.5 Å². The molecule has 1 amide bonds. The second kappa shape index (κ2) is 8.78. The first-order chi connectivity index (χ1) is 13.4. The Morgan fingerprint density at radius 3 is 2.46 bits per heavy atom. The zero-order chi connectivity index (χ0) is 20.1. The van der Waals surface area contributed by atoms with Gasteiger partial charge in [0.05, 0.1) is 5.41 Å². The van der Waals surface area contributed by atoms with Crippen molar-refractivity contribution in [2.45, 2.75) is 38.0 Å². The Bertz CT molecular complexity index is 816. The number of carbonyl (C=O) groups excluding carboxylic acids is 1. The highest BCUT2D eigenvalue weighted by atomic mass is 35.5. The van der Waals surface area contributed by atoms with Crippen LogP contribution in [0.1, 0.15) is 36.9 Å². The van der Waals surface area contributed by atoms with E-state index in [2.05, 4.69) is 20.6 Å². The van der Waals surface area contributed by atoms with Crippen LogP contribution >= 0.6 is 11.6 Å². The highest BCUT2D eigenvalue weighted by Gasteiger charge is 2.42. The third-order valence-corrected chi connectivity index (χ3v) is 5.53. The molecule has 2 N–H and O–H groups in total. The summed E-state index contributed by atoms with van der Waals surface area (Å²) >= 11 is 6.02. The summed E-state index contributed by atoms with van der Waals surface area (Å²) in [5, 5.41) is 7.00. The molecule has 3 rings (SSSR count). The summed E-state index contributed by atoms with van der Waals surface area (Å²) in [7, 11) is 3.90. The minimum atomic E-state index is -0.442. The van der Waals surface area contributed by atoms with Crippen LogP contribution in [0.15, 0.2) is 30.3 Å². The first-order valence-electron chi connectivity index (χ1n) is 9.72. The fourth-order valence-corrected chi connectivity index (χ4v) is 3.90. The Balaban J connectivity index is 1.59. The maximum Gasteiger partial charge on any atom is 0.230 e. The lowest BCUT2D eigenvalue weighted by Gasteiger charge is -2.28. The van der Waals surface area contributed by atoms with E-state index in [1.54, 1.807) is 0 Å². The van der Waals surface area contributed by atoms with Crippen molar-refractivity contribution in [3.8, 4) is 0 Å². The van der Waals surface area contributed by atoms with Gasteiger partial charge in [-0.25, -0.2) is 4.98 Å². The summed E-state index contributed by atoms with van der Waals surface area (Å²) in [4.78, 5) is 23.9. The first-order valence-corrected chi connectivity index (χ1v) is 10.1. The summed E-state index contributed by atoms with van der Waals surface area (Å²) in [5.41, 5.74) is 1.51. The fourth-order valence-electron chi connectivity index (χ4n) is 3.77. The molecular weight excluding hydrogens is 374 g/mol. The third kappa shape index (κ3) is 4.55. The normalized spacial score (nSPS) is 15.3. The van der Waals surface area contributed by atoms with Crippen LogP contribution in [-0.2, 0) is 10.2 Å². The van der Waals surface area contributed by atoms with Gasteiger partial charge >= 0.3 is 0 Å². The molecule has 1 heterocycles. The number of hydrogen-bond acceptors (Lipinski definition) is 5. The van der Waals surface area contributed by atoms with Crippen molar-refractivity contribution in [1.82, 2.24) is 15.3 Å². The minimum Gasteiger partial charge on any atom is -0.363 e. The number of benzene rings is 1. The number of halogens is 1. The zero-order valence-corrected chi connectivity index (χ0v) is 17.5. The van der Waals surface area contributed by atoms with Gasteiger partial charge in [0.2, 0.25) is 11.9 Å². The molecular formula is C21H28ClN5O. The van der Waals surface area contributed by atoms with Crippen LogP contribution in [0.3, 0.4) is 0 Å². The topological polar surface area (TPSA) is 70.2 Å². The Morgan fingerprint density at radius 2 is 1.82 bits per heavy atom. The van der Waals surface area contributed by atoms with Gasteiger partial charge in [0, 0.05) is 44.0 Å². The monoisotopic (exact) mass is 401 g/mol. The van der Waals surface area contributed by atoms with Gasteiger partial charge in [0.15, 0.2) is 0 Å². The molecule has 0 atom stereocenters. The summed E-state index contributed by atoms with van der Waals surface area (Å²) in [6.45, 7) is 3.03. The number of aryl methyl sites for hydroxylation is 1. The standard InChI is InChI=1S/C21H28ClN5O/c1-15-14-18(27(2)3)26-20(25-15)24-13-12-23-19(28)21(10-4-5-11-21)16-6-8-17(22)9-7-16/h6-9,14H,4-5,10-13H2,1-3H3,(H,23,28)(H,24,25,26). The Hall–Kier alpha value is -2.34. The molecule has 1 aromatic heterocycles. The highest BCUT2D eigenvalue weighted by Crippen LogP contribution is 2.41. The number of hydrogen-bond donors (Lipinski definition) is 2. The predicted molar refractivity (Wildman–Crippen MR) is 114 cm³/mol. The summed E-state index contributed by atoms with van der Waals surface area (Å²) in [6, 6.07) is 9.62. The molecule has 1 aromatic carbocycles. The van der Waals surface area contributed by atoms with Crippen molar-refractivity contribution in [2.75, 3.05) is 37.4 Å². The number of nitrogens with one attached hydrogen (secondary N) is 2. The van der Waals surface area contributed by atoms with Crippen LogP contribution in [0.4, 0.5) is 11.8 Å². The second-order valence-corrected chi connectivity index (χ2v) is 8.00. The smallest absolute Gasteiger partial charge is 0.230 e. The van der Waals surface area contributed by atoms with Crippen LogP contribution in [-0.4, -0.2) is 43.1 Å². The minimum absolute atomic E-state index is 0.0910. The Labute approximate surface area is 171 Å². The molecule has 0 spiro atoms. The van der Waals surface area contributed by atoms with Crippen LogP contribution in [0.5, 0.6) is 0 Å². The quantitative estimate of drug-likeness (QED) is 0.694. The molecule has 1 fully saturated rings. The van der Waals surface area contributed by atoms with Gasteiger partial charge in [-0.05, 0) is 37.5 Å². The number of carbonyl (C=O) groups is 1. The third-order valence-electron chi connectivity index (χ3n) is 5.28. The first kappa shape index (κ1) is 20.4. The van der Waals surface area contributed by atoms with Gasteiger partial charge in [-0.15, -0.1) is 0 Å². The van der Waals surface area contributed by atoms with Crippen LogP contribution in [0, 0.1) is 6.92 Å². The van der Waals surface area contributed by atoms with Gasteiger partial charge in [-0.3, -0.25) is 4.79 Å². The molecule has 0 unspecified atom stereocenters. The molecule has 150 valence electrons. The van der Waals surface area contributed by atoms with Crippen molar-refractivity contribution in [3.05, 3.63) is 46.6 Å². The van der Waals surface area contributed by atoms with Gasteiger partial charge in [-0.1, -0.05) is 36.6 Å². The molecule has 0 saturated heterocycles. The number of nitrogens with zero attached hydrogens (tertiary/aromatic N) is 3. The van der Waals surface area contributed by atoms with Crippen molar-refractivity contribution in [1.29, 1.82) is 0 Å². The molecule has 0 aliphatic heterocycles. The lowest BCUT2D eigenvalue weighted by atomic mass is 9.78. The van der Waals surface area contributed by atoms with Gasteiger partial charge < -0.3 is 15.5 Å². The molecule has 28 heavy (non-hydrogen) atoms. The van der Waals surface area contributed by atoms with E-state index in [1.807, 2.05) is 56.3 Å². The number of anilines is 2. The van der Waals surface area contributed by atoms with E-state index in [1.165, 1.54) is 0 Å². The average Bonchev–Trinajstić information content (AvgIpc) is 3.16. The molecule has 0 bridgehead atoms. The lowest BCUT2D eigenvalue weighted by molar-refractivity contribution is -0.126. The SMILES string of the molecule is Cc1cc(N(C)C)nc(NCCNC(=O)C2(c3ccc(Cl)cc3)CCCC2)n1. The summed E-state index contributed by atoms with van der Waals surface area (Å²) in [6.07, 6.45) is 3.89. The van der Waals surface area contributed by atoms with E-state index in [0.29, 0.717) is 24.1 Å². The largest absolute Gasteiger partial charge is 0.363 e. The lowest BCUT2D eigenvalue weighted by Crippen LogP contribution is -2.44. The number of rotatable bonds is 7. The maximum absolute atomic E-state index is 13.1. The maximum atomic E-state index is 13.1. The molecule has 6 nitrogen and oxygen atoms in total. The summed E-state index contributed by atoms with van der Waals surface area (Å²) < 4.78 is 0. The van der Waals surface area contributed by atoms with Crippen LogP contribution in [0.2, 0.25) is 5.02 Å². The molecule has 7 heteroatoms. The van der Waals surface area contributed by atoms with E-state index in [-0.39, 0.29) is 5.91 Å². The van der Waals surface area contributed by atoms with E-state index in [4.69, 9.17) is 11.6 Å². The number of aromatic nitrogens is 2. The zero-order valence-electron chi connectivity index (χ0n) is 16.8. The van der Waals surface area contributed by atoms with Crippen molar-refractivity contribution in [2.24, 2.45) is 0 Å². The molecule has 2 aromatic rings. The van der Waals surface area contributed by atoms with Crippen LogP contribution in [0.25, 0.3) is 0 Å². The Kier molecular flexibility index (Phi) is 6.39. The summed E-state index contributed by atoms with van der Waals surface area (Å²) in [5.74, 6) is 1.52. The molecule has 0 radical (unpaired) electrons. The van der Waals surface area contributed by atoms with Gasteiger partial charge in [-0.2, -0.15) is 4.98 Å². The van der Waals surface area contributed by atoms with Gasteiger partial charge in [0.25, 0.3) is 0 Å². The highest BCUT2D eigenvalue weighted by molar-refractivity contribution is 6.30. The average molecular weight is 402 g/mol.